The van der Waals surface area contributed by atoms with E-state index < -0.39 is 0 Å². The summed E-state index contributed by atoms with van der Waals surface area (Å²) < 4.78 is 0. The Labute approximate surface area is 90.5 Å². The zero-order chi connectivity index (χ0) is 10.1. The van der Waals surface area contributed by atoms with Gasteiger partial charge in [0, 0.05) is 5.56 Å². The fraction of sp³-hybridized carbons (Fsp3) is 0.111. The first-order valence-electron chi connectivity index (χ1n) is 4.02. The summed E-state index contributed by atoms with van der Waals surface area (Å²) in [6.07, 6.45) is 0. The first kappa shape index (κ1) is 9.43. The third-order valence-electron chi connectivity index (χ3n) is 1.80. The Bertz CT molecular complexity index is 467. The largest absolute Gasteiger partial charge is 0.374 e. The number of aryl methyl sites for hydroxylation is 1. The van der Waals surface area contributed by atoms with Crippen LogP contribution in [0.15, 0.2) is 18.2 Å². The molecule has 5 heteroatoms. The fourth-order valence-electron chi connectivity index (χ4n) is 1.14. The van der Waals surface area contributed by atoms with Crippen molar-refractivity contribution < 1.29 is 0 Å². The first-order valence-corrected chi connectivity index (χ1v) is 5.22. The van der Waals surface area contributed by atoms with E-state index in [0.717, 1.165) is 16.1 Å². The van der Waals surface area contributed by atoms with Crippen molar-refractivity contribution in [2.24, 2.45) is 0 Å². The average molecular weight is 226 g/mol. The van der Waals surface area contributed by atoms with E-state index in [9.17, 15) is 0 Å². The minimum Gasteiger partial charge on any atom is -0.374 e. The lowest BCUT2D eigenvalue weighted by atomic mass is 10.2. The van der Waals surface area contributed by atoms with E-state index >= 15 is 0 Å². The predicted molar refractivity (Wildman–Crippen MR) is 59.5 cm³/mol. The Kier molecular flexibility index (Phi) is 2.39. The van der Waals surface area contributed by atoms with Crippen LogP contribution >= 0.6 is 22.9 Å². The maximum absolute atomic E-state index is 6.07. The van der Waals surface area contributed by atoms with Gasteiger partial charge >= 0.3 is 0 Å². The minimum atomic E-state index is 0.455. The van der Waals surface area contributed by atoms with E-state index in [2.05, 4.69) is 10.2 Å². The molecule has 2 aromatic rings. The molecule has 2 rings (SSSR count). The van der Waals surface area contributed by atoms with Gasteiger partial charge in [0.2, 0.25) is 5.13 Å². The van der Waals surface area contributed by atoms with Gasteiger partial charge in [-0.1, -0.05) is 35.1 Å². The summed E-state index contributed by atoms with van der Waals surface area (Å²) in [7, 11) is 0. The van der Waals surface area contributed by atoms with Crippen LogP contribution < -0.4 is 5.73 Å². The summed E-state index contributed by atoms with van der Waals surface area (Å²) in [5, 5.41) is 9.57. The smallest absolute Gasteiger partial charge is 0.203 e. The molecule has 1 heterocycles. The van der Waals surface area contributed by atoms with Crippen molar-refractivity contribution in [3.05, 3.63) is 28.8 Å². The van der Waals surface area contributed by atoms with Gasteiger partial charge in [-0.3, -0.25) is 0 Å². The zero-order valence-electron chi connectivity index (χ0n) is 7.49. The molecule has 0 aliphatic heterocycles. The average Bonchev–Trinajstić information content (AvgIpc) is 2.51. The van der Waals surface area contributed by atoms with Gasteiger partial charge in [-0.2, -0.15) is 0 Å². The first-order chi connectivity index (χ1) is 6.66. The van der Waals surface area contributed by atoms with Gasteiger partial charge in [0.1, 0.15) is 0 Å². The molecule has 3 nitrogen and oxygen atoms in total. The van der Waals surface area contributed by atoms with Gasteiger partial charge in [0.15, 0.2) is 5.01 Å². The van der Waals surface area contributed by atoms with E-state index in [-0.39, 0.29) is 0 Å². The quantitative estimate of drug-likeness (QED) is 0.812. The van der Waals surface area contributed by atoms with Crippen molar-refractivity contribution in [1.82, 2.24) is 10.2 Å². The van der Waals surface area contributed by atoms with Crippen molar-refractivity contribution in [2.45, 2.75) is 6.92 Å². The van der Waals surface area contributed by atoms with E-state index in [1.54, 1.807) is 0 Å². The topological polar surface area (TPSA) is 51.8 Å². The molecule has 0 spiro atoms. The number of anilines is 1. The lowest BCUT2D eigenvalue weighted by molar-refractivity contribution is 1.10. The number of aromatic nitrogens is 2. The second kappa shape index (κ2) is 3.55. The SMILES string of the molecule is Cc1ccc(-c2nnc(N)s2)c(Cl)c1. The molecule has 1 aromatic carbocycles. The number of nitrogens with zero attached hydrogens (tertiary/aromatic N) is 2. The molecular weight excluding hydrogens is 218 g/mol. The summed E-state index contributed by atoms with van der Waals surface area (Å²) in [4.78, 5) is 0. The Balaban J connectivity index is 2.52. The summed E-state index contributed by atoms with van der Waals surface area (Å²) in [5.41, 5.74) is 7.50. The monoisotopic (exact) mass is 225 g/mol. The number of rotatable bonds is 1. The normalized spacial score (nSPS) is 10.4. The maximum Gasteiger partial charge on any atom is 0.203 e. The van der Waals surface area contributed by atoms with Crippen LogP contribution in [-0.4, -0.2) is 10.2 Å². The second-order valence-electron chi connectivity index (χ2n) is 2.93. The van der Waals surface area contributed by atoms with Crippen molar-refractivity contribution in [2.75, 3.05) is 5.73 Å². The van der Waals surface area contributed by atoms with E-state index in [1.165, 1.54) is 11.3 Å². The van der Waals surface area contributed by atoms with Gasteiger partial charge in [0.25, 0.3) is 0 Å². The van der Waals surface area contributed by atoms with E-state index in [1.807, 2.05) is 25.1 Å². The summed E-state index contributed by atoms with van der Waals surface area (Å²) >= 11 is 7.40. The Morgan fingerprint density at radius 2 is 2.14 bits per heavy atom. The lowest BCUT2D eigenvalue weighted by Gasteiger charge is -1.99. The molecule has 0 atom stereocenters. The van der Waals surface area contributed by atoms with Crippen molar-refractivity contribution in [3.63, 3.8) is 0 Å². The molecule has 0 amide bonds. The van der Waals surface area contributed by atoms with Crippen LogP contribution in [0.4, 0.5) is 5.13 Å². The van der Waals surface area contributed by atoms with Crippen LogP contribution in [0, 0.1) is 6.92 Å². The summed E-state index contributed by atoms with van der Waals surface area (Å²) in [5.74, 6) is 0. The van der Waals surface area contributed by atoms with E-state index in [4.69, 9.17) is 17.3 Å². The molecule has 14 heavy (non-hydrogen) atoms. The third kappa shape index (κ3) is 1.71. The van der Waals surface area contributed by atoms with E-state index in [0.29, 0.717) is 10.2 Å². The maximum atomic E-state index is 6.07. The lowest BCUT2D eigenvalue weighted by Crippen LogP contribution is -1.81. The highest BCUT2D eigenvalue weighted by atomic mass is 35.5. The third-order valence-corrected chi connectivity index (χ3v) is 2.89. The number of hydrogen-bond acceptors (Lipinski definition) is 4. The molecule has 0 aliphatic carbocycles. The van der Waals surface area contributed by atoms with Gasteiger partial charge in [-0.25, -0.2) is 0 Å². The summed E-state index contributed by atoms with van der Waals surface area (Å²) in [6, 6.07) is 5.81. The minimum absolute atomic E-state index is 0.455. The number of benzene rings is 1. The molecule has 0 saturated heterocycles. The van der Waals surface area contributed by atoms with Crippen LogP contribution in [0.25, 0.3) is 10.6 Å². The van der Waals surface area contributed by atoms with Crippen LogP contribution in [0.2, 0.25) is 5.02 Å². The molecule has 0 bridgehead atoms. The number of nitrogen functional groups attached to an aromatic ring is 1. The van der Waals surface area contributed by atoms with Crippen molar-refractivity contribution in [3.8, 4) is 10.6 Å². The highest BCUT2D eigenvalue weighted by Gasteiger charge is 2.08. The summed E-state index contributed by atoms with van der Waals surface area (Å²) in [6.45, 7) is 1.99. The molecular formula is C9H8ClN3S. The molecule has 0 aliphatic rings. The zero-order valence-corrected chi connectivity index (χ0v) is 9.06. The Hall–Kier alpha value is -1.13. The molecule has 1 aromatic heterocycles. The molecule has 0 fully saturated rings. The van der Waals surface area contributed by atoms with Crippen LogP contribution in [0.1, 0.15) is 5.56 Å². The van der Waals surface area contributed by atoms with Crippen LogP contribution in [0.3, 0.4) is 0 Å². The second-order valence-corrected chi connectivity index (χ2v) is 4.35. The standard InChI is InChI=1S/C9H8ClN3S/c1-5-2-3-6(7(10)4-5)8-12-13-9(11)14-8/h2-4H,1H3,(H2,11,13). The molecule has 0 unspecified atom stereocenters. The number of nitrogens with two attached hydrogens (primary N) is 1. The van der Waals surface area contributed by atoms with Gasteiger partial charge in [0.05, 0.1) is 5.02 Å². The number of halogens is 1. The predicted octanol–water partition coefficient (Wildman–Crippen LogP) is 2.75. The van der Waals surface area contributed by atoms with Crippen molar-refractivity contribution in [1.29, 1.82) is 0 Å². The fourth-order valence-corrected chi connectivity index (χ4v) is 2.17. The molecule has 72 valence electrons. The van der Waals surface area contributed by atoms with Crippen LogP contribution in [-0.2, 0) is 0 Å². The van der Waals surface area contributed by atoms with Gasteiger partial charge < -0.3 is 5.73 Å². The Morgan fingerprint density at radius 3 is 2.71 bits per heavy atom. The Morgan fingerprint density at radius 1 is 1.36 bits per heavy atom. The molecule has 0 radical (unpaired) electrons. The molecule has 0 saturated carbocycles. The number of hydrogen-bond donors (Lipinski definition) is 1. The highest BCUT2D eigenvalue weighted by molar-refractivity contribution is 7.18. The van der Waals surface area contributed by atoms with Crippen molar-refractivity contribution >= 4 is 28.1 Å². The molecule has 2 N–H and O–H groups in total. The van der Waals surface area contributed by atoms with Gasteiger partial charge in [-0.15, -0.1) is 10.2 Å². The van der Waals surface area contributed by atoms with Gasteiger partial charge in [-0.05, 0) is 18.6 Å². The highest BCUT2D eigenvalue weighted by Crippen LogP contribution is 2.31. The van der Waals surface area contributed by atoms with Crippen LogP contribution in [0.5, 0.6) is 0 Å².